The summed E-state index contributed by atoms with van der Waals surface area (Å²) in [5.74, 6) is 0. The normalized spacial score (nSPS) is 11.6. The van der Waals surface area contributed by atoms with Crippen molar-refractivity contribution < 1.29 is 4.57 Å². The summed E-state index contributed by atoms with van der Waals surface area (Å²) < 4.78 is 14.7. The van der Waals surface area contributed by atoms with Crippen LogP contribution in [0.25, 0.3) is 0 Å². The van der Waals surface area contributed by atoms with Gasteiger partial charge in [0.25, 0.3) is 0 Å². The summed E-state index contributed by atoms with van der Waals surface area (Å²) in [4.78, 5) is 0.869. The molecule has 0 saturated heterocycles. The first-order valence-corrected chi connectivity index (χ1v) is 13.4. The summed E-state index contributed by atoms with van der Waals surface area (Å²) in [7, 11) is -5.25. The zero-order valence-corrected chi connectivity index (χ0v) is 17.1. The minimum Gasteiger partial charge on any atom is -0.309 e. The van der Waals surface area contributed by atoms with Crippen molar-refractivity contribution in [2.45, 2.75) is 13.1 Å². The molecule has 130 valence electrons. The van der Waals surface area contributed by atoms with Crippen LogP contribution in [-0.4, -0.2) is 8.07 Å². The number of hydrogen-bond donors (Lipinski definition) is 0. The van der Waals surface area contributed by atoms with Crippen LogP contribution in [0.15, 0.2) is 108 Å². The van der Waals surface area contributed by atoms with E-state index in [1.165, 1.54) is 5.19 Å². The van der Waals surface area contributed by atoms with Gasteiger partial charge in [-0.1, -0.05) is 116 Å². The molecule has 0 N–H and O–H groups in total. The summed E-state index contributed by atoms with van der Waals surface area (Å²) >= 11 is 0. The van der Waals surface area contributed by atoms with Crippen LogP contribution in [0.5, 0.6) is 0 Å². The molecule has 3 aromatic carbocycles. The molecular formula is C23H23OPSi. The first kappa shape index (κ1) is 18.4. The van der Waals surface area contributed by atoms with E-state index in [2.05, 4.69) is 37.5 Å². The molecule has 0 amide bonds. The van der Waals surface area contributed by atoms with E-state index in [9.17, 15) is 4.57 Å². The minimum absolute atomic E-state index is 0.842. The van der Waals surface area contributed by atoms with Gasteiger partial charge in [0.15, 0.2) is 7.14 Å². The summed E-state index contributed by atoms with van der Waals surface area (Å²) in [6.45, 7) is 8.43. The van der Waals surface area contributed by atoms with E-state index in [1.54, 1.807) is 0 Å². The number of rotatable bonds is 5. The van der Waals surface area contributed by atoms with Crippen LogP contribution in [0.2, 0.25) is 13.1 Å². The van der Waals surface area contributed by atoms with Crippen molar-refractivity contribution in [2.75, 3.05) is 0 Å². The Morgan fingerprint density at radius 2 is 1.15 bits per heavy atom. The molecule has 3 rings (SSSR count). The third-order valence-electron chi connectivity index (χ3n) is 4.81. The molecule has 0 fully saturated rings. The molecule has 3 aromatic rings. The highest BCUT2D eigenvalue weighted by Crippen LogP contribution is 2.54. The molecule has 0 radical (unpaired) electrons. The van der Waals surface area contributed by atoms with E-state index < -0.39 is 15.2 Å². The van der Waals surface area contributed by atoms with Crippen LogP contribution in [-0.2, 0) is 4.57 Å². The van der Waals surface area contributed by atoms with Gasteiger partial charge in [0, 0.05) is 15.5 Å². The quantitative estimate of drug-likeness (QED) is 0.355. The Morgan fingerprint density at radius 3 is 1.54 bits per heavy atom. The molecule has 0 heterocycles. The van der Waals surface area contributed by atoms with Gasteiger partial charge in [-0.15, -0.1) is 5.73 Å². The highest BCUT2D eigenvalue weighted by Gasteiger charge is 2.42. The summed E-state index contributed by atoms with van der Waals surface area (Å²) in [6, 6.07) is 29.9. The van der Waals surface area contributed by atoms with Crippen molar-refractivity contribution in [1.29, 1.82) is 0 Å². The zero-order chi connectivity index (χ0) is 18.6. The Labute approximate surface area is 157 Å². The lowest BCUT2D eigenvalue weighted by atomic mass is 10.4. The highest BCUT2D eigenvalue weighted by molar-refractivity contribution is 7.85. The van der Waals surface area contributed by atoms with E-state index in [0.29, 0.717) is 0 Å². The molecule has 26 heavy (non-hydrogen) atoms. The molecule has 0 saturated carbocycles. The summed E-state index contributed by atoms with van der Waals surface area (Å²) in [5.41, 5.74) is 3.14. The molecule has 0 spiro atoms. The molecule has 0 aromatic heterocycles. The molecule has 0 aliphatic rings. The lowest BCUT2D eigenvalue weighted by molar-refractivity contribution is 0.591. The van der Waals surface area contributed by atoms with Gasteiger partial charge >= 0.3 is 0 Å². The van der Waals surface area contributed by atoms with Gasteiger partial charge in [0.05, 0.1) is 0 Å². The predicted octanol–water partition coefficient (Wildman–Crippen LogP) is 4.82. The minimum atomic E-state index is -3.02. The summed E-state index contributed by atoms with van der Waals surface area (Å²) in [5, 5.41) is 2.92. The van der Waals surface area contributed by atoms with E-state index >= 15 is 0 Å². The third-order valence-corrected chi connectivity index (χ3v) is 13.4. The molecule has 3 heteroatoms. The fourth-order valence-electron chi connectivity index (χ4n) is 3.40. The van der Waals surface area contributed by atoms with Gasteiger partial charge in [-0.2, -0.15) is 0 Å². The monoisotopic (exact) mass is 374 g/mol. The average Bonchev–Trinajstić information content (AvgIpc) is 2.70. The summed E-state index contributed by atoms with van der Waals surface area (Å²) in [6.07, 6.45) is 0. The molecule has 0 bridgehead atoms. The van der Waals surface area contributed by atoms with Gasteiger partial charge in [-0.3, -0.25) is 0 Å². The largest absolute Gasteiger partial charge is 0.309 e. The smallest absolute Gasteiger partial charge is 0.170 e. The van der Waals surface area contributed by atoms with Gasteiger partial charge in [-0.25, -0.2) is 0 Å². The van der Waals surface area contributed by atoms with E-state index in [4.69, 9.17) is 0 Å². The first-order chi connectivity index (χ1) is 12.5. The molecule has 0 unspecified atom stereocenters. The highest BCUT2D eigenvalue weighted by atomic mass is 31.2. The second-order valence-corrected chi connectivity index (χ2v) is 14.2. The fraction of sp³-hybridized carbons (Fsp3) is 0.0870. The Morgan fingerprint density at radius 1 is 0.769 bits per heavy atom. The van der Waals surface area contributed by atoms with Crippen molar-refractivity contribution in [3.8, 4) is 0 Å². The van der Waals surface area contributed by atoms with Crippen molar-refractivity contribution >= 4 is 31.0 Å². The van der Waals surface area contributed by atoms with Crippen molar-refractivity contribution in [3.63, 3.8) is 0 Å². The fourth-order valence-corrected chi connectivity index (χ4v) is 11.7. The predicted molar refractivity (Wildman–Crippen MR) is 116 cm³/mol. The van der Waals surface area contributed by atoms with Crippen LogP contribution < -0.4 is 15.8 Å². The first-order valence-electron chi connectivity index (χ1n) is 8.69. The maximum atomic E-state index is 14.7. The zero-order valence-electron chi connectivity index (χ0n) is 15.2. The average molecular weight is 374 g/mol. The Bertz CT molecular complexity index is 929. The van der Waals surface area contributed by atoms with Crippen LogP contribution in [0.1, 0.15) is 0 Å². The standard InChI is InChI=1S/C23H23OPSi/c1-4-23(26(2,3)22-18-12-7-13-19-22)25(24,20-14-8-5-9-15-20)21-16-10-6-11-17-21/h5-19H,1H2,2-3H3. The SMILES string of the molecule is C=C=C([Si](C)(C)c1ccccc1)P(=O)(c1ccccc1)c1ccccc1. The topological polar surface area (TPSA) is 17.1 Å². The Kier molecular flexibility index (Phi) is 5.30. The van der Waals surface area contributed by atoms with Crippen molar-refractivity contribution in [2.24, 2.45) is 0 Å². The van der Waals surface area contributed by atoms with Crippen molar-refractivity contribution in [1.82, 2.24) is 0 Å². The van der Waals surface area contributed by atoms with Crippen LogP contribution in [0, 0.1) is 0 Å². The molecule has 0 aliphatic heterocycles. The second-order valence-electron chi connectivity index (χ2n) is 6.80. The lowest BCUT2D eigenvalue weighted by Gasteiger charge is -2.32. The van der Waals surface area contributed by atoms with Crippen molar-refractivity contribution in [3.05, 3.63) is 108 Å². The van der Waals surface area contributed by atoms with Gasteiger partial charge in [0.2, 0.25) is 0 Å². The van der Waals surface area contributed by atoms with Crippen LogP contribution in [0.3, 0.4) is 0 Å². The van der Waals surface area contributed by atoms with E-state index in [1.807, 2.05) is 78.9 Å². The maximum Gasteiger partial charge on any atom is 0.170 e. The van der Waals surface area contributed by atoms with Crippen LogP contribution in [0.4, 0.5) is 0 Å². The van der Waals surface area contributed by atoms with Gasteiger partial charge < -0.3 is 4.57 Å². The maximum absolute atomic E-state index is 14.7. The lowest BCUT2D eigenvalue weighted by Crippen LogP contribution is -2.45. The molecule has 1 nitrogen and oxygen atoms in total. The molecular weight excluding hydrogens is 351 g/mol. The van der Waals surface area contributed by atoms with E-state index in [0.717, 1.165) is 15.5 Å². The Balaban J connectivity index is 2.28. The van der Waals surface area contributed by atoms with E-state index in [-0.39, 0.29) is 0 Å². The third kappa shape index (κ3) is 3.20. The Hall–Kier alpha value is -2.37. The molecule has 0 aliphatic carbocycles. The van der Waals surface area contributed by atoms with Gasteiger partial charge in [0.1, 0.15) is 8.07 Å². The molecule has 0 atom stereocenters. The van der Waals surface area contributed by atoms with Crippen LogP contribution >= 0.6 is 7.14 Å². The second kappa shape index (κ2) is 7.48. The van der Waals surface area contributed by atoms with Gasteiger partial charge in [-0.05, 0) is 0 Å². The number of hydrogen-bond acceptors (Lipinski definition) is 1. The number of benzene rings is 3.